The summed E-state index contributed by atoms with van der Waals surface area (Å²) in [6.45, 7) is 4.23. The summed E-state index contributed by atoms with van der Waals surface area (Å²) in [7, 11) is 0. The summed E-state index contributed by atoms with van der Waals surface area (Å²) < 4.78 is 0. The van der Waals surface area contributed by atoms with Gasteiger partial charge in [-0.1, -0.05) is 19.1 Å². The molecule has 1 aromatic carbocycles. The Hall–Kier alpha value is -2.63. The molecular formula is C16H20N6. The van der Waals surface area contributed by atoms with E-state index in [1.54, 1.807) is 12.4 Å². The lowest BCUT2D eigenvalue weighted by Crippen LogP contribution is -2.15. The van der Waals surface area contributed by atoms with Crippen LogP contribution in [0, 0.1) is 0 Å². The summed E-state index contributed by atoms with van der Waals surface area (Å²) in [5.41, 5.74) is 5.33. The van der Waals surface area contributed by atoms with Gasteiger partial charge in [0, 0.05) is 18.2 Å². The van der Waals surface area contributed by atoms with Crippen LogP contribution < -0.4 is 16.1 Å². The number of nitrogens with one attached hydrogen (secondary N) is 3. The Balaban J connectivity index is 1.68. The minimum atomic E-state index is 0.355. The maximum Gasteiger partial charge on any atom is 0.152 e. The fourth-order valence-corrected chi connectivity index (χ4v) is 2.25. The van der Waals surface area contributed by atoms with Crippen molar-refractivity contribution >= 4 is 23.2 Å². The molecule has 0 bridgehead atoms. The normalized spacial score (nSPS) is 16.8. The zero-order valence-corrected chi connectivity index (χ0v) is 12.8. The maximum absolute atomic E-state index is 4.51. The van der Waals surface area contributed by atoms with Crippen molar-refractivity contribution in [2.45, 2.75) is 32.7 Å². The van der Waals surface area contributed by atoms with Gasteiger partial charge in [0.05, 0.1) is 12.4 Å². The molecule has 1 atom stereocenters. The number of aryl methyl sites for hydroxylation is 1. The van der Waals surface area contributed by atoms with Crippen LogP contribution in [-0.2, 0) is 6.42 Å². The highest BCUT2D eigenvalue weighted by molar-refractivity contribution is 5.95. The second kappa shape index (κ2) is 6.43. The highest BCUT2D eigenvalue weighted by atomic mass is 15.4. The maximum atomic E-state index is 4.51. The molecule has 3 N–H and O–H groups in total. The molecule has 0 saturated heterocycles. The molecule has 3 rings (SSSR count). The highest BCUT2D eigenvalue weighted by Gasteiger charge is 2.14. The van der Waals surface area contributed by atoms with E-state index in [1.807, 2.05) is 12.1 Å². The standard InChI is InChI=1S/C16H20N6/c1-3-12-4-6-13(7-5-12)18-15-9-17-10-16(20-15)19-14-8-11(2)21-22-14/h4-7,9-11,21H,3,8H2,1-2H3,(H2,18,19,20,22). The fourth-order valence-electron chi connectivity index (χ4n) is 2.25. The van der Waals surface area contributed by atoms with Gasteiger partial charge in [-0.3, -0.25) is 4.98 Å². The first-order valence-corrected chi connectivity index (χ1v) is 7.50. The van der Waals surface area contributed by atoms with Crippen LogP contribution in [0.15, 0.2) is 41.8 Å². The van der Waals surface area contributed by atoms with Crippen molar-refractivity contribution in [3.63, 3.8) is 0 Å². The molecule has 1 aromatic heterocycles. The summed E-state index contributed by atoms with van der Waals surface area (Å²) in [4.78, 5) is 8.72. The quantitative estimate of drug-likeness (QED) is 0.809. The zero-order chi connectivity index (χ0) is 15.4. The van der Waals surface area contributed by atoms with Crippen molar-refractivity contribution in [1.82, 2.24) is 15.4 Å². The SMILES string of the molecule is CCc1ccc(Nc2cncc(NC3=NNC(C)C3)n2)cc1. The number of benzene rings is 1. The second-order valence-corrected chi connectivity index (χ2v) is 5.38. The third-order valence-corrected chi connectivity index (χ3v) is 3.46. The molecule has 22 heavy (non-hydrogen) atoms. The Morgan fingerprint density at radius 1 is 1.14 bits per heavy atom. The molecule has 0 aliphatic carbocycles. The number of rotatable bonds is 4. The topological polar surface area (TPSA) is 74.2 Å². The molecule has 0 spiro atoms. The molecule has 1 aliphatic rings. The minimum Gasteiger partial charge on any atom is -0.339 e. The number of aromatic nitrogens is 2. The van der Waals surface area contributed by atoms with E-state index in [-0.39, 0.29) is 0 Å². The summed E-state index contributed by atoms with van der Waals surface area (Å²) in [5, 5.41) is 10.7. The molecule has 1 aliphatic heterocycles. The molecule has 2 heterocycles. The van der Waals surface area contributed by atoms with E-state index in [0.717, 1.165) is 24.4 Å². The predicted molar refractivity (Wildman–Crippen MR) is 89.4 cm³/mol. The van der Waals surface area contributed by atoms with Gasteiger partial charge in [-0.2, -0.15) is 5.10 Å². The zero-order valence-electron chi connectivity index (χ0n) is 12.8. The molecule has 2 aromatic rings. The number of hydrogen-bond acceptors (Lipinski definition) is 6. The van der Waals surface area contributed by atoms with E-state index in [1.165, 1.54) is 5.56 Å². The molecule has 0 fully saturated rings. The lowest BCUT2D eigenvalue weighted by molar-refractivity contribution is 0.636. The van der Waals surface area contributed by atoms with Crippen LogP contribution in [-0.4, -0.2) is 21.8 Å². The minimum absolute atomic E-state index is 0.355. The monoisotopic (exact) mass is 296 g/mol. The Morgan fingerprint density at radius 3 is 2.50 bits per heavy atom. The van der Waals surface area contributed by atoms with E-state index in [2.05, 4.69) is 57.1 Å². The van der Waals surface area contributed by atoms with Crippen molar-refractivity contribution < 1.29 is 0 Å². The summed E-state index contributed by atoms with van der Waals surface area (Å²) >= 11 is 0. The van der Waals surface area contributed by atoms with Gasteiger partial charge < -0.3 is 16.1 Å². The van der Waals surface area contributed by atoms with E-state index in [9.17, 15) is 0 Å². The molecule has 6 heteroatoms. The Bertz CT molecular complexity index is 665. The first kappa shape index (κ1) is 14.3. The third-order valence-electron chi connectivity index (χ3n) is 3.46. The van der Waals surface area contributed by atoms with Gasteiger partial charge in [-0.05, 0) is 31.0 Å². The van der Waals surface area contributed by atoms with Crippen molar-refractivity contribution in [2.24, 2.45) is 5.10 Å². The van der Waals surface area contributed by atoms with Crippen molar-refractivity contribution in [2.75, 3.05) is 10.6 Å². The van der Waals surface area contributed by atoms with Gasteiger partial charge in [0.15, 0.2) is 11.6 Å². The first-order chi connectivity index (χ1) is 10.7. The van der Waals surface area contributed by atoms with E-state index in [4.69, 9.17) is 0 Å². The van der Waals surface area contributed by atoms with Gasteiger partial charge in [0.2, 0.25) is 0 Å². The highest BCUT2D eigenvalue weighted by Crippen LogP contribution is 2.17. The van der Waals surface area contributed by atoms with Crippen LogP contribution in [0.5, 0.6) is 0 Å². The molecule has 1 unspecified atom stereocenters. The average molecular weight is 296 g/mol. The average Bonchev–Trinajstić information content (AvgIpc) is 2.93. The van der Waals surface area contributed by atoms with Crippen molar-refractivity contribution in [3.8, 4) is 0 Å². The van der Waals surface area contributed by atoms with Crippen LogP contribution >= 0.6 is 0 Å². The largest absolute Gasteiger partial charge is 0.339 e. The molecule has 0 saturated carbocycles. The van der Waals surface area contributed by atoms with Gasteiger partial charge in [0.1, 0.15) is 5.84 Å². The van der Waals surface area contributed by atoms with Gasteiger partial charge in [-0.15, -0.1) is 0 Å². The summed E-state index contributed by atoms with van der Waals surface area (Å²) in [6, 6.07) is 8.67. The van der Waals surface area contributed by atoms with E-state index < -0.39 is 0 Å². The third kappa shape index (κ3) is 3.52. The summed E-state index contributed by atoms with van der Waals surface area (Å²) in [6.07, 6.45) is 5.29. The van der Waals surface area contributed by atoms with Crippen LogP contribution in [0.3, 0.4) is 0 Å². The Kier molecular flexibility index (Phi) is 4.18. The number of hydrogen-bond donors (Lipinski definition) is 3. The lowest BCUT2D eigenvalue weighted by Gasteiger charge is -2.08. The number of nitrogens with zero attached hydrogens (tertiary/aromatic N) is 3. The number of hydrazone groups is 1. The molecule has 6 nitrogen and oxygen atoms in total. The summed E-state index contributed by atoms with van der Waals surface area (Å²) in [5.74, 6) is 2.27. The van der Waals surface area contributed by atoms with Crippen molar-refractivity contribution in [3.05, 3.63) is 42.2 Å². The number of amidine groups is 1. The van der Waals surface area contributed by atoms with E-state index >= 15 is 0 Å². The van der Waals surface area contributed by atoms with Crippen LogP contribution in [0.1, 0.15) is 25.8 Å². The van der Waals surface area contributed by atoms with Gasteiger partial charge >= 0.3 is 0 Å². The van der Waals surface area contributed by atoms with Gasteiger partial charge in [0.25, 0.3) is 0 Å². The molecule has 0 radical (unpaired) electrons. The van der Waals surface area contributed by atoms with Crippen LogP contribution in [0.4, 0.5) is 17.3 Å². The molecular weight excluding hydrogens is 276 g/mol. The Morgan fingerprint density at radius 2 is 1.86 bits per heavy atom. The molecule has 114 valence electrons. The van der Waals surface area contributed by atoms with Crippen LogP contribution in [0.25, 0.3) is 0 Å². The van der Waals surface area contributed by atoms with E-state index in [0.29, 0.717) is 17.7 Å². The van der Waals surface area contributed by atoms with Gasteiger partial charge in [-0.25, -0.2) is 4.98 Å². The molecule has 0 amide bonds. The number of anilines is 3. The Labute approximate surface area is 130 Å². The lowest BCUT2D eigenvalue weighted by atomic mass is 10.1. The first-order valence-electron chi connectivity index (χ1n) is 7.50. The second-order valence-electron chi connectivity index (χ2n) is 5.38. The van der Waals surface area contributed by atoms with Crippen LogP contribution in [0.2, 0.25) is 0 Å². The smallest absolute Gasteiger partial charge is 0.152 e. The van der Waals surface area contributed by atoms with Crippen molar-refractivity contribution in [1.29, 1.82) is 0 Å². The predicted octanol–water partition coefficient (Wildman–Crippen LogP) is 2.89. The fraction of sp³-hybridized carbons (Fsp3) is 0.312.